The van der Waals surface area contributed by atoms with Crippen molar-refractivity contribution >= 4 is 27.3 Å². The number of sulfonamides is 1. The highest BCUT2D eigenvalue weighted by atomic mass is 35.5. The zero-order valence-corrected chi connectivity index (χ0v) is 23.0. The lowest BCUT2D eigenvalue weighted by Gasteiger charge is -2.29. The molecule has 1 aromatic heterocycles. The molecular weight excluding hydrogens is 512 g/mol. The van der Waals surface area contributed by atoms with Crippen LogP contribution in [0.5, 0.6) is 5.75 Å². The van der Waals surface area contributed by atoms with Crippen LogP contribution in [0.3, 0.4) is 0 Å². The number of hydrogen-bond donors (Lipinski definition) is 1. The molecule has 2 heterocycles. The van der Waals surface area contributed by atoms with Crippen LogP contribution in [0, 0.1) is 5.92 Å². The van der Waals surface area contributed by atoms with Crippen molar-refractivity contribution in [3.05, 3.63) is 76.3 Å². The third-order valence-electron chi connectivity index (χ3n) is 6.16. The molecule has 3 aromatic rings. The van der Waals surface area contributed by atoms with E-state index in [-0.39, 0.29) is 17.2 Å². The fraction of sp³-hybridized carbons (Fsp3) is 0.407. The number of hydrogen-bond acceptors (Lipinski definition) is 7. The summed E-state index contributed by atoms with van der Waals surface area (Å²) >= 11 is 6.45. The van der Waals surface area contributed by atoms with Crippen molar-refractivity contribution in [2.75, 3.05) is 44.9 Å². The molecule has 0 atom stereocenters. The van der Waals surface area contributed by atoms with Gasteiger partial charge in [-0.05, 0) is 23.6 Å². The fourth-order valence-electron chi connectivity index (χ4n) is 4.17. The summed E-state index contributed by atoms with van der Waals surface area (Å²) in [6.07, 6.45) is 2.29. The highest BCUT2D eigenvalue weighted by molar-refractivity contribution is 7.89. The fourth-order valence-corrected chi connectivity index (χ4v) is 5.78. The summed E-state index contributed by atoms with van der Waals surface area (Å²) in [4.78, 5) is 11.6. The summed E-state index contributed by atoms with van der Waals surface area (Å²) in [6, 6.07) is 13.1. The Bertz CT molecular complexity index is 1330. The Labute approximate surface area is 224 Å². The summed E-state index contributed by atoms with van der Waals surface area (Å²) in [7, 11) is -2.01. The zero-order chi connectivity index (χ0) is 26.4. The van der Waals surface area contributed by atoms with E-state index in [4.69, 9.17) is 26.1 Å². The molecule has 0 saturated carbocycles. The first-order valence-electron chi connectivity index (χ1n) is 12.3. The van der Waals surface area contributed by atoms with E-state index < -0.39 is 10.0 Å². The number of halogens is 1. The van der Waals surface area contributed by atoms with Gasteiger partial charge < -0.3 is 14.4 Å². The van der Waals surface area contributed by atoms with Crippen molar-refractivity contribution in [3.63, 3.8) is 0 Å². The van der Waals surface area contributed by atoms with Gasteiger partial charge in [0.25, 0.3) is 0 Å². The number of anilines is 1. The standard InChI is InChI=1S/C27H33ClN4O4S/c1-19(2)17-30-37(33,34)26-7-5-4-6-21(26)14-24-23(28)18-29-27(31-24)15-20-8-9-22(16-25(20)35-3)32-10-12-36-13-11-32/h4-9,16,18-19,30H,10-15,17H2,1-3H3. The van der Waals surface area contributed by atoms with Gasteiger partial charge in [-0.3, -0.25) is 0 Å². The zero-order valence-electron chi connectivity index (χ0n) is 21.4. The van der Waals surface area contributed by atoms with Crippen molar-refractivity contribution in [3.8, 4) is 5.75 Å². The average Bonchev–Trinajstić information content (AvgIpc) is 2.90. The maximum Gasteiger partial charge on any atom is 0.240 e. The van der Waals surface area contributed by atoms with Gasteiger partial charge in [-0.25, -0.2) is 23.1 Å². The highest BCUT2D eigenvalue weighted by Crippen LogP contribution is 2.28. The largest absolute Gasteiger partial charge is 0.496 e. The minimum Gasteiger partial charge on any atom is -0.496 e. The van der Waals surface area contributed by atoms with Crippen LogP contribution in [0.4, 0.5) is 5.69 Å². The SMILES string of the molecule is COc1cc(N2CCOCC2)ccc1Cc1ncc(Cl)c(Cc2ccccc2S(=O)(=O)NCC(C)C)n1. The first kappa shape index (κ1) is 27.3. The predicted octanol–water partition coefficient (Wildman–Crippen LogP) is 4.09. The number of methoxy groups -OCH3 is 1. The second-order valence-corrected chi connectivity index (χ2v) is 11.5. The summed E-state index contributed by atoms with van der Waals surface area (Å²) in [5, 5.41) is 0.390. The van der Waals surface area contributed by atoms with Crippen molar-refractivity contribution in [1.82, 2.24) is 14.7 Å². The van der Waals surface area contributed by atoms with Gasteiger partial charge in [-0.1, -0.05) is 49.7 Å². The van der Waals surface area contributed by atoms with E-state index in [9.17, 15) is 8.42 Å². The third-order valence-corrected chi connectivity index (χ3v) is 8.00. The van der Waals surface area contributed by atoms with Gasteiger partial charge >= 0.3 is 0 Å². The van der Waals surface area contributed by atoms with Gasteiger partial charge in [-0.2, -0.15) is 0 Å². The number of nitrogens with zero attached hydrogens (tertiary/aromatic N) is 3. The molecule has 1 fully saturated rings. The first-order chi connectivity index (χ1) is 17.8. The molecule has 37 heavy (non-hydrogen) atoms. The van der Waals surface area contributed by atoms with Crippen molar-refractivity contribution in [2.45, 2.75) is 31.6 Å². The molecule has 1 saturated heterocycles. The van der Waals surface area contributed by atoms with E-state index in [2.05, 4.69) is 20.7 Å². The van der Waals surface area contributed by atoms with Crippen LogP contribution < -0.4 is 14.4 Å². The molecule has 198 valence electrons. The molecule has 4 rings (SSSR count). The lowest BCUT2D eigenvalue weighted by atomic mass is 10.1. The molecule has 0 spiro atoms. The molecule has 0 radical (unpaired) electrons. The highest BCUT2D eigenvalue weighted by Gasteiger charge is 2.20. The van der Waals surface area contributed by atoms with Crippen LogP contribution in [-0.2, 0) is 27.6 Å². The predicted molar refractivity (Wildman–Crippen MR) is 145 cm³/mol. The minimum atomic E-state index is -3.66. The molecule has 2 aromatic carbocycles. The van der Waals surface area contributed by atoms with Crippen molar-refractivity contribution < 1.29 is 17.9 Å². The maximum absolute atomic E-state index is 13.0. The minimum absolute atomic E-state index is 0.195. The summed E-state index contributed by atoms with van der Waals surface area (Å²) < 4.78 is 39.7. The van der Waals surface area contributed by atoms with Crippen LogP contribution in [-0.4, -0.2) is 58.3 Å². The lowest BCUT2D eigenvalue weighted by Crippen LogP contribution is -2.36. The number of rotatable bonds is 10. The van der Waals surface area contributed by atoms with Crippen LogP contribution in [0.2, 0.25) is 5.02 Å². The Hall–Kier alpha value is -2.72. The van der Waals surface area contributed by atoms with Gasteiger partial charge in [0.05, 0.1) is 35.9 Å². The van der Waals surface area contributed by atoms with Gasteiger partial charge in [-0.15, -0.1) is 0 Å². The summed E-state index contributed by atoms with van der Waals surface area (Å²) in [5.41, 5.74) is 3.24. The van der Waals surface area contributed by atoms with E-state index >= 15 is 0 Å². The molecule has 8 nitrogen and oxygen atoms in total. The molecule has 1 aliphatic rings. The molecule has 0 aliphatic carbocycles. The summed E-state index contributed by atoms with van der Waals surface area (Å²) in [6.45, 7) is 7.39. The van der Waals surface area contributed by atoms with E-state index in [1.807, 2.05) is 32.0 Å². The molecule has 1 aliphatic heterocycles. The van der Waals surface area contributed by atoms with E-state index in [0.29, 0.717) is 48.3 Å². The molecule has 10 heteroatoms. The van der Waals surface area contributed by atoms with Crippen LogP contribution >= 0.6 is 11.6 Å². The Morgan fingerprint density at radius 3 is 2.59 bits per heavy atom. The normalized spacial score (nSPS) is 14.2. The Morgan fingerprint density at radius 2 is 1.86 bits per heavy atom. The Kier molecular flexibility index (Phi) is 9.02. The maximum atomic E-state index is 13.0. The van der Waals surface area contributed by atoms with Crippen molar-refractivity contribution in [2.24, 2.45) is 5.92 Å². The van der Waals surface area contributed by atoms with E-state index in [1.165, 1.54) is 0 Å². The van der Waals surface area contributed by atoms with Gasteiger partial charge in [0, 0.05) is 56.0 Å². The van der Waals surface area contributed by atoms with Crippen LogP contribution in [0.15, 0.2) is 53.6 Å². The lowest BCUT2D eigenvalue weighted by molar-refractivity contribution is 0.122. The molecule has 0 amide bonds. The Morgan fingerprint density at radius 1 is 1.11 bits per heavy atom. The van der Waals surface area contributed by atoms with Gasteiger partial charge in [0.1, 0.15) is 11.6 Å². The molecule has 0 unspecified atom stereocenters. The third kappa shape index (κ3) is 6.98. The Balaban J connectivity index is 1.56. The topological polar surface area (TPSA) is 93.7 Å². The van der Waals surface area contributed by atoms with Gasteiger partial charge in [0.15, 0.2) is 0 Å². The molecule has 1 N–H and O–H groups in total. The second-order valence-electron chi connectivity index (χ2n) is 9.38. The number of morpholine rings is 1. The number of aromatic nitrogens is 2. The van der Waals surface area contributed by atoms with Crippen LogP contribution in [0.25, 0.3) is 0 Å². The molecular formula is C27H33ClN4O4S. The molecule has 0 bridgehead atoms. The van der Waals surface area contributed by atoms with Crippen LogP contribution in [0.1, 0.15) is 36.5 Å². The quantitative estimate of drug-likeness (QED) is 0.411. The number of ether oxygens (including phenoxy) is 2. The number of benzene rings is 2. The average molecular weight is 545 g/mol. The van der Waals surface area contributed by atoms with Gasteiger partial charge in [0.2, 0.25) is 10.0 Å². The summed E-state index contributed by atoms with van der Waals surface area (Å²) in [5.74, 6) is 1.53. The first-order valence-corrected chi connectivity index (χ1v) is 14.2. The number of nitrogens with one attached hydrogen (secondary N) is 1. The van der Waals surface area contributed by atoms with E-state index in [0.717, 1.165) is 30.1 Å². The monoisotopic (exact) mass is 544 g/mol. The smallest absolute Gasteiger partial charge is 0.240 e. The second kappa shape index (κ2) is 12.2. The van der Waals surface area contributed by atoms with E-state index in [1.54, 1.807) is 31.5 Å². The van der Waals surface area contributed by atoms with Crippen molar-refractivity contribution in [1.29, 1.82) is 0 Å².